The monoisotopic (exact) mass is 473 g/mol. The molecule has 0 spiro atoms. The number of benzene rings is 3. The van der Waals surface area contributed by atoms with Gasteiger partial charge in [-0.05, 0) is 36.6 Å². The van der Waals surface area contributed by atoms with Crippen LogP contribution in [-0.2, 0) is 24.2 Å². The van der Waals surface area contributed by atoms with Gasteiger partial charge >= 0.3 is 0 Å². The summed E-state index contributed by atoms with van der Waals surface area (Å²) in [5.74, 6) is 0.735. The first kappa shape index (κ1) is 25.2. The van der Waals surface area contributed by atoms with Crippen LogP contribution < -0.4 is 14.9 Å². The molecule has 0 saturated heterocycles. The van der Waals surface area contributed by atoms with E-state index in [9.17, 15) is 14.9 Å². The van der Waals surface area contributed by atoms with Gasteiger partial charge in [-0.15, -0.1) is 6.58 Å². The number of ether oxygens (including phenoxy) is 2. The van der Waals surface area contributed by atoms with Gasteiger partial charge in [0.05, 0.1) is 24.2 Å². The van der Waals surface area contributed by atoms with E-state index in [4.69, 9.17) is 9.47 Å². The maximum absolute atomic E-state index is 12.3. The highest BCUT2D eigenvalue weighted by molar-refractivity contribution is 5.85. The number of allylic oxidation sites excluding steroid dienone is 1. The number of hydrogen-bond acceptors (Lipinski definition) is 6. The Morgan fingerprint density at radius 1 is 1.09 bits per heavy atom. The Morgan fingerprint density at radius 2 is 1.83 bits per heavy atom. The van der Waals surface area contributed by atoms with E-state index in [0.717, 1.165) is 11.1 Å². The zero-order valence-electron chi connectivity index (χ0n) is 19.5. The zero-order chi connectivity index (χ0) is 25.0. The van der Waals surface area contributed by atoms with E-state index >= 15 is 0 Å². The number of amides is 1. The molecular weight excluding hydrogens is 446 g/mol. The molecular formula is C27H27N3O5. The molecule has 0 aliphatic rings. The number of hydrazone groups is 1. The highest BCUT2D eigenvalue weighted by Gasteiger charge is 2.16. The van der Waals surface area contributed by atoms with E-state index in [1.807, 2.05) is 43.3 Å². The number of carbonyl (C=O) groups excluding carboxylic acids is 1. The molecule has 0 aromatic heterocycles. The molecule has 0 aliphatic carbocycles. The molecule has 3 rings (SSSR count). The molecule has 0 saturated carbocycles. The first-order chi connectivity index (χ1) is 17.0. The molecule has 0 fully saturated rings. The lowest BCUT2D eigenvalue weighted by Gasteiger charge is -2.16. The number of nitrogens with zero attached hydrogens (tertiary/aromatic N) is 2. The van der Waals surface area contributed by atoms with E-state index in [1.165, 1.54) is 12.3 Å². The predicted octanol–water partition coefficient (Wildman–Crippen LogP) is 4.99. The number of nitro groups is 1. The Kier molecular flexibility index (Phi) is 9.13. The maximum Gasteiger partial charge on any atom is 0.273 e. The minimum Gasteiger partial charge on any atom is -0.490 e. The number of rotatable bonds is 12. The Hall–Kier alpha value is -4.46. The topological polar surface area (TPSA) is 103 Å². The Morgan fingerprint density at radius 3 is 2.54 bits per heavy atom. The van der Waals surface area contributed by atoms with Gasteiger partial charge in [0.25, 0.3) is 5.69 Å². The molecule has 0 heterocycles. The molecule has 0 atom stereocenters. The van der Waals surface area contributed by atoms with E-state index in [1.54, 1.807) is 30.3 Å². The molecule has 0 aliphatic heterocycles. The number of para-hydroxylation sites is 1. The summed E-state index contributed by atoms with van der Waals surface area (Å²) in [6.45, 7) is 6.55. The molecule has 8 nitrogen and oxygen atoms in total. The lowest BCUT2D eigenvalue weighted by Crippen LogP contribution is -2.20. The van der Waals surface area contributed by atoms with Crippen LogP contribution in [0.25, 0.3) is 0 Å². The molecule has 1 amide bonds. The average molecular weight is 474 g/mol. The van der Waals surface area contributed by atoms with Gasteiger partial charge < -0.3 is 9.47 Å². The fourth-order valence-electron chi connectivity index (χ4n) is 3.45. The van der Waals surface area contributed by atoms with Crippen LogP contribution in [0, 0.1) is 10.1 Å². The molecule has 0 radical (unpaired) electrons. The van der Waals surface area contributed by atoms with Crippen LogP contribution in [0.4, 0.5) is 5.69 Å². The van der Waals surface area contributed by atoms with Crippen molar-refractivity contribution in [1.29, 1.82) is 0 Å². The van der Waals surface area contributed by atoms with Crippen LogP contribution in [0.5, 0.6) is 11.5 Å². The molecule has 0 unspecified atom stereocenters. The molecule has 8 heteroatoms. The molecule has 35 heavy (non-hydrogen) atoms. The van der Waals surface area contributed by atoms with Crippen molar-refractivity contribution < 1.29 is 19.2 Å². The van der Waals surface area contributed by atoms with E-state index in [2.05, 4.69) is 17.1 Å². The van der Waals surface area contributed by atoms with Gasteiger partial charge in [-0.3, -0.25) is 14.9 Å². The van der Waals surface area contributed by atoms with Gasteiger partial charge in [0.1, 0.15) is 6.61 Å². The SMILES string of the molecule is C=CCc1cc(/C=N/NC(=O)Cc2ccccc2[N+](=O)[O-])cc(OCC)c1OCc1ccccc1. The molecule has 1 N–H and O–H groups in total. The fraction of sp³-hybridized carbons (Fsp3) is 0.185. The third kappa shape index (κ3) is 7.26. The minimum absolute atomic E-state index is 0.104. The highest BCUT2D eigenvalue weighted by Crippen LogP contribution is 2.34. The number of nitrogens with one attached hydrogen (secondary N) is 1. The first-order valence-electron chi connectivity index (χ1n) is 11.1. The van der Waals surface area contributed by atoms with E-state index in [-0.39, 0.29) is 12.1 Å². The summed E-state index contributed by atoms with van der Waals surface area (Å²) in [5, 5.41) is 15.2. The lowest BCUT2D eigenvalue weighted by atomic mass is 10.1. The Bertz CT molecular complexity index is 1210. The summed E-state index contributed by atoms with van der Waals surface area (Å²) in [7, 11) is 0. The first-order valence-corrected chi connectivity index (χ1v) is 11.1. The van der Waals surface area contributed by atoms with E-state index < -0.39 is 10.8 Å². The Labute approximate surface area is 204 Å². The van der Waals surface area contributed by atoms with Gasteiger partial charge in [-0.1, -0.05) is 54.6 Å². The zero-order valence-corrected chi connectivity index (χ0v) is 19.5. The third-order valence-corrected chi connectivity index (χ3v) is 4.99. The number of carbonyl (C=O) groups is 1. The van der Waals surface area contributed by atoms with Crippen LogP contribution in [0.3, 0.4) is 0 Å². The molecule has 0 bridgehead atoms. The van der Waals surface area contributed by atoms with Crippen molar-refractivity contribution in [2.75, 3.05) is 6.61 Å². The molecule has 3 aromatic rings. The second-order valence-corrected chi connectivity index (χ2v) is 7.56. The average Bonchev–Trinajstić information content (AvgIpc) is 2.85. The summed E-state index contributed by atoms with van der Waals surface area (Å²) in [6.07, 6.45) is 3.66. The van der Waals surface area contributed by atoms with E-state index in [0.29, 0.717) is 42.3 Å². The van der Waals surface area contributed by atoms with Crippen LogP contribution in [-0.4, -0.2) is 23.7 Å². The highest BCUT2D eigenvalue weighted by atomic mass is 16.6. The van der Waals surface area contributed by atoms with Crippen molar-refractivity contribution in [3.8, 4) is 11.5 Å². The quantitative estimate of drug-likeness (QED) is 0.173. The van der Waals surface area contributed by atoms with Gasteiger partial charge in [0.2, 0.25) is 5.91 Å². The van der Waals surface area contributed by atoms with Crippen LogP contribution in [0.15, 0.2) is 84.5 Å². The molecule has 3 aromatic carbocycles. The van der Waals surface area contributed by atoms with Crippen molar-refractivity contribution in [2.45, 2.75) is 26.4 Å². The number of nitro benzene ring substituents is 1. The largest absolute Gasteiger partial charge is 0.490 e. The van der Waals surface area contributed by atoms with Crippen molar-refractivity contribution in [3.63, 3.8) is 0 Å². The van der Waals surface area contributed by atoms with Gasteiger partial charge in [-0.25, -0.2) is 5.43 Å². The van der Waals surface area contributed by atoms with Crippen LogP contribution >= 0.6 is 0 Å². The van der Waals surface area contributed by atoms with Crippen molar-refractivity contribution in [3.05, 3.63) is 112 Å². The van der Waals surface area contributed by atoms with Gasteiger partial charge in [0.15, 0.2) is 11.5 Å². The normalized spacial score (nSPS) is 10.7. The van der Waals surface area contributed by atoms with Gasteiger partial charge in [-0.2, -0.15) is 5.10 Å². The maximum atomic E-state index is 12.3. The smallest absolute Gasteiger partial charge is 0.273 e. The van der Waals surface area contributed by atoms with Crippen LogP contribution in [0.2, 0.25) is 0 Å². The Balaban J connectivity index is 1.75. The van der Waals surface area contributed by atoms with Crippen molar-refractivity contribution in [1.82, 2.24) is 5.43 Å². The van der Waals surface area contributed by atoms with Crippen molar-refractivity contribution >= 4 is 17.8 Å². The van der Waals surface area contributed by atoms with Crippen LogP contribution in [0.1, 0.15) is 29.2 Å². The van der Waals surface area contributed by atoms with Gasteiger partial charge in [0, 0.05) is 17.2 Å². The summed E-state index contributed by atoms with van der Waals surface area (Å²) in [5.41, 5.74) is 5.24. The second kappa shape index (κ2) is 12.7. The lowest BCUT2D eigenvalue weighted by molar-refractivity contribution is -0.385. The number of hydrogen-bond donors (Lipinski definition) is 1. The standard InChI is InChI=1S/C27H27N3O5/c1-3-10-23-15-21(16-25(34-4-2)27(23)35-19-20-11-6-5-7-12-20)18-28-29-26(31)17-22-13-8-9-14-24(22)30(32)33/h3,5-9,11-16,18H,1,4,10,17,19H2,2H3,(H,29,31)/b28-18+. The minimum atomic E-state index is -0.510. The molecule has 180 valence electrons. The fourth-order valence-corrected chi connectivity index (χ4v) is 3.45. The summed E-state index contributed by atoms with van der Waals surface area (Å²) in [6, 6.07) is 19.6. The third-order valence-electron chi connectivity index (χ3n) is 4.99. The predicted molar refractivity (Wildman–Crippen MR) is 135 cm³/mol. The summed E-state index contributed by atoms with van der Waals surface area (Å²) >= 11 is 0. The summed E-state index contributed by atoms with van der Waals surface area (Å²) in [4.78, 5) is 22.9. The van der Waals surface area contributed by atoms with Crippen molar-refractivity contribution in [2.24, 2.45) is 5.10 Å². The summed E-state index contributed by atoms with van der Waals surface area (Å²) < 4.78 is 11.9. The second-order valence-electron chi connectivity index (χ2n) is 7.56.